The SMILES string of the molecule is c1ccc(Oc2ccc(-c3ccnc(-c4ccc(Oc5ccccc5)cc4)c3)cc2)cc1. The molecule has 0 saturated heterocycles. The Bertz CT molecular complexity index is 1180. The van der Waals surface area contributed by atoms with E-state index >= 15 is 0 Å². The Hall–Kier alpha value is -4.37. The Morgan fingerprint density at radius 1 is 0.406 bits per heavy atom. The van der Waals surface area contributed by atoms with Crippen LogP contribution in [0, 0.1) is 0 Å². The summed E-state index contributed by atoms with van der Waals surface area (Å²) in [6.07, 6.45) is 1.84. The third-order valence-electron chi connectivity index (χ3n) is 5.06. The number of hydrogen-bond acceptors (Lipinski definition) is 3. The van der Waals surface area contributed by atoms with Crippen LogP contribution >= 0.6 is 0 Å². The van der Waals surface area contributed by atoms with Gasteiger partial charge in [-0.1, -0.05) is 48.5 Å². The maximum absolute atomic E-state index is 5.89. The van der Waals surface area contributed by atoms with Crippen LogP contribution in [0.1, 0.15) is 0 Å². The van der Waals surface area contributed by atoms with Gasteiger partial charge in [0.25, 0.3) is 0 Å². The summed E-state index contributed by atoms with van der Waals surface area (Å²) in [6, 6.07) is 39.7. The van der Waals surface area contributed by atoms with Gasteiger partial charge in [0.1, 0.15) is 23.0 Å². The first kappa shape index (κ1) is 19.6. The lowest BCUT2D eigenvalue weighted by atomic mass is 10.0. The van der Waals surface area contributed by atoms with Gasteiger partial charge in [-0.3, -0.25) is 4.98 Å². The molecule has 1 heterocycles. The molecule has 0 amide bonds. The van der Waals surface area contributed by atoms with Crippen LogP contribution in [0.25, 0.3) is 22.4 Å². The fraction of sp³-hybridized carbons (Fsp3) is 0. The summed E-state index contributed by atoms with van der Waals surface area (Å²) in [6.45, 7) is 0. The first-order chi connectivity index (χ1) is 15.8. The van der Waals surface area contributed by atoms with Crippen molar-refractivity contribution in [3.8, 4) is 45.4 Å². The van der Waals surface area contributed by atoms with Crippen LogP contribution in [0.5, 0.6) is 23.0 Å². The zero-order valence-electron chi connectivity index (χ0n) is 17.4. The van der Waals surface area contributed by atoms with Crippen molar-refractivity contribution < 1.29 is 9.47 Å². The predicted molar refractivity (Wildman–Crippen MR) is 128 cm³/mol. The van der Waals surface area contributed by atoms with E-state index in [0.717, 1.165) is 45.4 Å². The number of ether oxygens (including phenoxy) is 2. The number of pyridine rings is 1. The highest BCUT2D eigenvalue weighted by Crippen LogP contribution is 2.29. The molecule has 0 atom stereocenters. The van der Waals surface area contributed by atoms with E-state index in [1.807, 2.05) is 109 Å². The van der Waals surface area contributed by atoms with Crippen LogP contribution in [0.3, 0.4) is 0 Å². The first-order valence-electron chi connectivity index (χ1n) is 10.5. The summed E-state index contributed by atoms with van der Waals surface area (Å²) in [5.74, 6) is 3.25. The molecule has 0 unspecified atom stereocenters. The van der Waals surface area contributed by atoms with Crippen LogP contribution in [0.2, 0.25) is 0 Å². The van der Waals surface area contributed by atoms with E-state index in [4.69, 9.17) is 9.47 Å². The fourth-order valence-electron chi connectivity index (χ4n) is 3.43. The monoisotopic (exact) mass is 415 g/mol. The molecule has 5 aromatic rings. The molecule has 1 aromatic heterocycles. The van der Waals surface area contributed by atoms with Crippen molar-refractivity contribution >= 4 is 0 Å². The van der Waals surface area contributed by atoms with E-state index in [1.54, 1.807) is 0 Å². The van der Waals surface area contributed by atoms with E-state index in [0.29, 0.717) is 0 Å². The zero-order valence-corrected chi connectivity index (χ0v) is 17.4. The number of hydrogen-bond donors (Lipinski definition) is 0. The maximum atomic E-state index is 5.89. The topological polar surface area (TPSA) is 31.4 Å². The minimum absolute atomic E-state index is 0.796. The second-order valence-electron chi connectivity index (χ2n) is 7.31. The molecule has 5 rings (SSSR count). The summed E-state index contributed by atoms with van der Waals surface area (Å²) >= 11 is 0. The van der Waals surface area contributed by atoms with Gasteiger partial charge in [-0.2, -0.15) is 0 Å². The van der Waals surface area contributed by atoms with Crippen molar-refractivity contribution in [3.63, 3.8) is 0 Å². The first-order valence-corrected chi connectivity index (χ1v) is 10.5. The highest BCUT2D eigenvalue weighted by Gasteiger charge is 2.05. The van der Waals surface area contributed by atoms with Gasteiger partial charge in [0.05, 0.1) is 5.69 Å². The van der Waals surface area contributed by atoms with Crippen LogP contribution in [-0.4, -0.2) is 4.98 Å². The van der Waals surface area contributed by atoms with Crippen LogP contribution < -0.4 is 9.47 Å². The highest BCUT2D eigenvalue weighted by atomic mass is 16.5. The molecule has 0 N–H and O–H groups in total. The van der Waals surface area contributed by atoms with E-state index in [-0.39, 0.29) is 0 Å². The summed E-state index contributed by atoms with van der Waals surface area (Å²) in [5, 5.41) is 0. The Labute approximate surface area is 187 Å². The molecule has 0 spiro atoms. The summed E-state index contributed by atoms with van der Waals surface area (Å²) in [7, 11) is 0. The minimum Gasteiger partial charge on any atom is -0.457 e. The molecule has 0 bridgehead atoms. The van der Waals surface area contributed by atoms with Gasteiger partial charge >= 0.3 is 0 Å². The smallest absolute Gasteiger partial charge is 0.127 e. The second kappa shape index (κ2) is 9.19. The fourth-order valence-corrected chi connectivity index (χ4v) is 3.43. The van der Waals surface area contributed by atoms with E-state index in [2.05, 4.69) is 23.2 Å². The summed E-state index contributed by atoms with van der Waals surface area (Å²) < 4.78 is 11.8. The van der Waals surface area contributed by atoms with Gasteiger partial charge in [-0.05, 0) is 83.9 Å². The van der Waals surface area contributed by atoms with E-state index in [9.17, 15) is 0 Å². The molecular formula is C29H21NO2. The van der Waals surface area contributed by atoms with Crippen LogP contribution in [0.4, 0.5) is 0 Å². The van der Waals surface area contributed by atoms with Gasteiger partial charge in [0.2, 0.25) is 0 Å². The van der Waals surface area contributed by atoms with E-state index in [1.165, 1.54) is 0 Å². The van der Waals surface area contributed by atoms with Crippen LogP contribution in [-0.2, 0) is 0 Å². The Morgan fingerprint density at radius 3 is 1.41 bits per heavy atom. The highest BCUT2D eigenvalue weighted by molar-refractivity contribution is 5.71. The van der Waals surface area contributed by atoms with Gasteiger partial charge in [-0.25, -0.2) is 0 Å². The molecule has 3 heteroatoms. The van der Waals surface area contributed by atoms with Crippen molar-refractivity contribution in [2.45, 2.75) is 0 Å². The molecule has 154 valence electrons. The number of nitrogens with zero attached hydrogens (tertiary/aromatic N) is 1. The van der Waals surface area contributed by atoms with Crippen LogP contribution in [0.15, 0.2) is 128 Å². The molecule has 0 fully saturated rings. The third kappa shape index (κ3) is 4.68. The summed E-state index contributed by atoms with van der Waals surface area (Å²) in [4.78, 5) is 4.56. The number of para-hydroxylation sites is 2. The molecule has 0 radical (unpaired) electrons. The normalized spacial score (nSPS) is 10.5. The maximum Gasteiger partial charge on any atom is 0.127 e. The lowest BCUT2D eigenvalue weighted by Crippen LogP contribution is -1.88. The Morgan fingerprint density at radius 2 is 0.875 bits per heavy atom. The third-order valence-corrected chi connectivity index (χ3v) is 5.06. The van der Waals surface area contributed by atoms with Crippen molar-refractivity contribution in [1.29, 1.82) is 0 Å². The molecule has 3 nitrogen and oxygen atoms in total. The molecular weight excluding hydrogens is 394 g/mol. The molecule has 0 aliphatic carbocycles. The molecule has 0 aliphatic heterocycles. The van der Waals surface area contributed by atoms with Gasteiger partial charge < -0.3 is 9.47 Å². The molecule has 32 heavy (non-hydrogen) atoms. The standard InChI is InChI=1S/C29H21NO2/c1-3-7-25(8-4-1)31-27-15-11-22(12-16-27)24-19-20-30-29(21-24)23-13-17-28(18-14-23)32-26-9-5-2-6-10-26/h1-21H. The van der Waals surface area contributed by atoms with Gasteiger partial charge in [-0.15, -0.1) is 0 Å². The lowest BCUT2D eigenvalue weighted by Gasteiger charge is -2.09. The molecule has 0 aliphatic rings. The van der Waals surface area contributed by atoms with Crippen molar-refractivity contribution in [2.75, 3.05) is 0 Å². The summed E-state index contributed by atoms with van der Waals surface area (Å²) in [5.41, 5.74) is 4.17. The van der Waals surface area contributed by atoms with E-state index < -0.39 is 0 Å². The number of aromatic nitrogens is 1. The quantitative estimate of drug-likeness (QED) is 0.281. The second-order valence-corrected chi connectivity index (χ2v) is 7.31. The zero-order chi connectivity index (χ0) is 21.6. The Kier molecular flexibility index (Phi) is 5.62. The van der Waals surface area contributed by atoms with Gasteiger partial charge in [0.15, 0.2) is 0 Å². The Balaban J connectivity index is 1.32. The average molecular weight is 415 g/mol. The van der Waals surface area contributed by atoms with Crippen molar-refractivity contribution in [1.82, 2.24) is 4.98 Å². The largest absolute Gasteiger partial charge is 0.457 e. The number of rotatable bonds is 6. The average Bonchev–Trinajstić information content (AvgIpc) is 2.86. The van der Waals surface area contributed by atoms with Crippen molar-refractivity contribution in [3.05, 3.63) is 128 Å². The molecule has 4 aromatic carbocycles. The minimum atomic E-state index is 0.796. The van der Waals surface area contributed by atoms with Gasteiger partial charge in [0, 0.05) is 11.8 Å². The number of benzene rings is 4. The predicted octanol–water partition coefficient (Wildman–Crippen LogP) is 8.00. The van der Waals surface area contributed by atoms with Crippen molar-refractivity contribution in [2.24, 2.45) is 0 Å². The lowest BCUT2D eigenvalue weighted by molar-refractivity contribution is 0.482. The molecule has 0 saturated carbocycles.